The van der Waals surface area contributed by atoms with Gasteiger partial charge in [-0.15, -0.1) is 0 Å². The van der Waals surface area contributed by atoms with Gasteiger partial charge in [0.1, 0.15) is 0 Å². The maximum atomic E-state index is 6.12. The third-order valence-corrected chi connectivity index (χ3v) is 3.06. The molecule has 0 saturated carbocycles. The van der Waals surface area contributed by atoms with E-state index in [1.165, 1.54) is 0 Å². The lowest BCUT2D eigenvalue weighted by molar-refractivity contribution is 1.25. The summed E-state index contributed by atoms with van der Waals surface area (Å²) in [6, 6.07) is 7.90. The Labute approximate surface area is 95.3 Å². The molecule has 1 aromatic heterocycles. The van der Waals surface area contributed by atoms with E-state index in [0.717, 1.165) is 25.2 Å². The van der Waals surface area contributed by atoms with E-state index < -0.39 is 0 Å². The Bertz CT molecular complexity index is 468. The van der Waals surface area contributed by atoms with Crippen LogP contribution in [0, 0.1) is 10.5 Å². The lowest BCUT2D eigenvalue weighted by atomic mass is 10.2. The molecule has 0 atom stereocenters. The Morgan fingerprint density at radius 1 is 1.38 bits per heavy atom. The summed E-state index contributed by atoms with van der Waals surface area (Å²) in [5.74, 6) is 0. The molecule has 0 saturated heterocycles. The van der Waals surface area contributed by atoms with Crippen molar-refractivity contribution in [1.29, 1.82) is 0 Å². The molecular formula is C10H7ClIN. The second-order valence-corrected chi connectivity index (χ2v) is 4.45. The Kier molecular flexibility index (Phi) is 2.43. The number of hydrogen-bond acceptors (Lipinski definition) is 1. The van der Waals surface area contributed by atoms with Gasteiger partial charge >= 0.3 is 0 Å². The van der Waals surface area contributed by atoms with E-state index in [-0.39, 0.29) is 0 Å². The third kappa shape index (κ3) is 1.65. The average molecular weight is 304 g/mol. The van der Waals surface area contributed by atoms with Gasteiger partial charge in [0.05, 0.1) is 10.5 Å². The molecule has 1 nitrogen and oxygen atoms in total. The van der Waals surface area contributed by atoms with Gasteiger partial charge in [-0.1, -0.05) is 17.7 Å². The summed E-state index contributed by atoms with van der Waals surface area (Å²) < 4.78 is 1.15. The highest BCUT2D eigenvalue weighted by molar-refractivity contribution is 14.1. The minimum atomic E-state index is 0.785. The zero-order valence-corrected chi connectivity index (χ0v) is 9.93. The Balaban J connectivity index is 2.94. The van der Waals surface area contributed by atoms with Gasteiger partial charge in [0.2, 0.25) is 0 Å². The van der Waals surface area contributed by atoms with Gasteiger partial charge in [0.25, 0.3) is 0 Å². The van der Waals surface area contributed by atoms with E-state index in [1.54, 1.807) is 0 Å². The first-order valence-electron chi connectivity index (χ1n) is 3.90. The average Bonchev–Trinajstić information content (AvgIpc) is 2.02. The molecule has 0 spiro atoms. The molecular weight excluding hydrogens is 296 g/mol. The smallest absolute Gasteiger partial charge is 0.0730 e. The number of aryl methyl sites for hydroxylation is 1. The molecule has 0 aliphatic rings. The number of aromatic nitrogens is 1. The molecule has 66 valence electrons. The van der Waals surface area contributed by atoms with Crippen LogP contribution in [0.5, 0.6) is 0 Å². The molecule has 3 heteroatoms. The highest BCUT2D eigenvalue weighted by atomic mass is 127. The number of fused-ring (bicyclic) bond motifs is 1. The van der Waals surface area contributed by atoms with Gasteiger partial charge < -0.3 is 0 Å². The largest absolute Gasteiger partial charge is 0.253 e. The number of nitrogens with zero attached hydrogens (tertiary/aromatic N) is 1. The van der Waals surface area contributed by atoms with E-state index in [2.05, 4.69) is 27.6 Å². The van der Waals surface area contributed by atoms with Crippen LogP contribution in [-0.2, 0) is 0 Å². The lowest BCUT2D eigenvalue weighted by Gasteiger charge is -2.03. The molecule has 2 rings (SSSR count). The Morgan fingerprint density at radius 3 is 2.92 bits per heavy atom. The first-order chi connectivity index (χ1) is 6.18. The first kappa shape index (κ1) is 9.21. The first-order valence-corrected chi connectivity index (χ1v) is 5.35. The van der Waals surface area contributed by atoms with Crippen LogP contribution in [0.15, 0.2) is 24.3 Å². The molecule has 0 aliphatic heterocycles. The van der Waals surface area contributed by atoms with Gasteiger partial charge in [-0.3, -0.25) is 4.98 Å². The van der Waals surface area contributed by atoms with Gasteiger partial charge in [-0.05, 0) is 47.7 Å². The van der Waals surface area contributed by atoms with Crippen molar-refractivity contribution < 1.29 is 0 Å². The normalized spacial score (nSPS) is 10.7. The van der Waals surface area contributed by atoms with Crippen molar-refractivity contribution >= 4 is 45.1 Å². The van der Waals surface area contributed by atoms with Crippen LogP contribution in [0.4, 0.5) is 0 Å². The van der Waals surface area contributed by atoms with Crippen LogP contribution in [0.2, 0.25) is 5.02 Å². The Morgan fingerprint density at radius 2 is 2.15 bits per heavy atom. The van der Waals surface area contributed by atoms with Crippen molar-refractivity contribution in [2.75, 3.05) is 0 Å². The van der Waals surface area contributed by atoms with Crippen molar-refractivity contribution in [2.24, 2.45) is 0 Å². The van der Waals surface area contributed by atoms with Crippen LogP contribution in [0.1, 0.15) is 5.69 Å². The summed E-state index contributed by atoms with van der Waals surface area (Å²) in [6.45, 7) is 1.95. The van der Waals surface area contributed by atoms with Crippen LogP contribution in [0.25, 0.3) is 10.9 Å². The fraction of sp³-hybridized carbons (Fsp3) is 0.100. The van der Waals surface area contributed by atoms with Crippen molar-refractivity contribution in [2.45, 2.75) is 6.92 Å². The number of halogens is 2. The highest BCUT2D eigenvalue weighted by Crippen LogP contribution is 2.27. The van der Waals surface area contributed by atoms with Crippen LogP contribution in [-0.4, -0.2) is 4.98 Å². The molecule has 2 aromatic rings. The molecule has 0 fully saturated rings. The molecule has 13 heavy (non-hydrogen) atoms. The fourth-order valence-corrected chi connectivity index (χ4v) is 2.61. The number of hydrogen-bond donors (Lipinski definition) is 0. The van der Waals surface area contributed by atoms with Crippen LogP contribution >= 0.6 is 34.2 Å². The second kappa shape index (κ2) is 3.42. The maximum absolute atomic E-state index is 6.12. The van der Waals surface area contributed by atoms with E-state index >= 15 is 0 Å². The van der Waals surface area contributed by atoms with E-state index in [1.807, 2.05) is 31.2 Å². The van der Waals surface area contributed by atoms with Crippen molar-refractivity contribution in [3.63, 3.8) is 0 Å². The van der Waals surface area contributed by atoms with E-state index in [9.17, 15) is 0 Å². The van der Waals surface area contributed by atoms with Crippen molar-refractivity contribution in [3.8, 4) is 0 Å². The SMILES string of the molecule is Cc1cc(Cl)c2c(I)cccc2n1. The van der Waals surface area contributed by atoms with E-state index in [0.29, 0.717) is 0 Å². The van der Waals surface area contributed by atoms with Gasteiger partial charge in [-0.25, -0.2) is 0 Å². The summed E-state index contributed by atoms with van der Waals surface area (Å²) >= 11 is 8.39. The number of rotatable bonds is 0. The number of benzene rings is 1. The molecule has 0 N–H and O–H groups in total. The zero-order valence-electron chi connectivity index (χ0n) is 7.01. The summed E-state index contributed by atoms with van der Waals surface area (Å²) in [6.07, 6.45) is 0. The monoisotopic (exact) mass is 303 g/mol. The topological polar surface area (TPSA) is 12.9 Å². The summed E-state index contributed by atoms with van der Waals surface area (Å²) in [4.78, 5) is 4.41. The summed E-state index contributed by atoms with van der Waals surface area (Å²) in [5, 5.41) is 1.84. The minimum Gasteiger partial charge on any atom is -0.253 e. The summed E-state index contributed by atoms with van der Waals surface area (Å²) in [5.41, 5.74) is 1.93. The maximum Gasteiger partial charge on any atom is 0.0730 e. The standard InChI is InChI=1S/C10H7ClIN/c1-6-5-7(11)10-8(12)3-2-4-9(10)13-6/h2-5H,1H3. The summed E-state index contributed by atoms with van der Waals surface area (Å²) in [7, 11) is 0. The minimum absolute atomic E-state index is 0.785. The fourth-order valence-electron chi connectivity index (χ4n) is 1.32. The van der Waals surface area contributed by atoms with Gasteiger partial charge in [0.15, 0.2) is 0 Å². The van der Waals surface area contributed by atoms with Gasteiger partial charge in [-0.2, -0.15) is 0 Å². The van der Waals surface area contributed by atoms with Crippen molar-refractivity contribution in [1.82, 2.24) is 4.98 Å². The molecule has 0 aliphatic carbocycles. The highest BCUT2D eigenvalue weighted by Gasteiger charge is 2.04. The predicted octanol–water partition coefficient (Wildman–Crippen LogP) is 3.80. The van der Waals surface area contributed by atoms with E-state index in [4.69, 9.17) is 11.6 Å². The van der Waals surface area contributed by atoms with Crippen molar-refractivity contribution in [3.05, 3.63) is 38.6 Å². The third-order valence-electron chi connectivity index (χ3n) is 1.86. The molecule has 0 unspecified atom stereocenters. The molecule has 0 amide bonds. The zero-order chi connectivity index (χ0) is 9.42. The number of pyridine rings is 1. The van der Waals surface area contributed by atoms with Crippen LogP contribution < -0.4 is 0 Å². The lowest BCUT2D eigenvalue weighted by Crippen LogP contribution is -1.86. The quantitative estimate of drug-likeness (QED) is 0.675. The molecule has 1 heterocycles. The predicted molar refractivity (Wildman–Crippen MR) is 64.2 cm³/mol. The van der Waals surface area contributed by atoms with Crippen LogP contribution in [0.3, 0.4) is 0 Å². The molecule has 0 bridgehead atoms. The van der Waals surface area contributed by atoms with Gasteiger partial charge in [0, 0.05) is 14.7 Å². The molecule has 1 aromatic carbocycles. The Hall–Kier alpha value is -0.350. The second-order valence-electron chi connectivity index (χ2n) is 2.88. The molecule has 0 radical (unpaired) electrons.